The van der Waals surface area contributed by atoms with E-state index in [4.69, 9.17) is 0 Å². The number of carbonyl (C=O) groups is 1. The lowest BCUT2D eigenvalue weighted by molar-refractivity contribution is 0.182. The van der Waals surface area contributed by atoms with Crippen LogP contribution in [0.15, 0.2) is 29.3 Å². The number of hydrogen-bond acceptors (Lipinski definition) is 4. The minimum Gasteiger partial charge on any atom is -0.451 e. The molecule has 1 rings (SSSR count). The number of hydrogen-bond donors (Lipinski definition) is 0. The molecule has 1 aromatic carbocycles. The Kier molecular flexibility index (Phi) is 5.88. The highest BCUT2D eigenvalue weighted by Crippen LogP contribution is 2.11. The lowest BCUT2D eigenvalue weighted by Gasteiger charge is -2.06. The monoisotopic (exact) mass is 297 g/mol. The topological polar surface area (TPSA) is 72.8 Å². The van der Waals surface area contributed by atoms with E-state index in [9.17, 15) is 13.2 Å². The summed E-state index contributed by atoms with van der Waals surface area (Å²) in [4.78, 5) is 15.1. The fourth-order valence-electron chi connectivity index (χ4n) is 1.71. The largest absolute Gasteiger partial charge is 0.451 e. The highest BCUT2D eigenvalue weighted by molar-refractivity contribution is 7.90. The average molecular weight is 297 g/mol. The van der Waals surface area contributed by atoms with Gasteiger partial charge in [0.05, 0.1) is 18.6 Å². The second-order valence-corrected chi connectivity index (χ2v) is 6.72. The van der Waals surface area contributed by atoms with Gasteiger partial charge in [-0.3, -0.25) is 0 Å². The van der Waals surface area contributed by atoms with Crippen molar-refractivity contribution < 1.29 is 17.9 Å². The smallest absolute Gasteiger partial charge is 0.433 e. The second-order valence-electron chi connectivity index (χ2n) is 4.46. The molecule has 0 saturated heterocycles. The molecule has 0 fully saturated rings. The van der Waals surface area contributed by atoms with E-state index in [-0.39, 0.29) is 5.75 Å². The van der Waals surface area contributed by atoms with Crippen molar-refractivity contribution in [3.8, 4) is 0 Å². The Hall–Kier alpha value is -1.69. The van der Waals surface area contributed by atoms with Crippen LogP contribution in [0.2, 0.25) is 0 Å². The summed E-state index contributed by atoms with van der Waals surface area (Å²) in [6, 6.07) is 7.39. The summed E-state index contributed by atoms with van der Waals surface area (Å²) in [6.07, 6.45) is 1.61. The van der Waals surface area contributed by atoms with Crippen LogP contribution in [0.3, 0.4) is 0 Å². The number of methoxy groups -OCH3 is 1. The first-order valence-electron chi connectivity index (χ1n) is 6.28. The van der Waals surface area contributed by atoms with E-state index in [1.165, 1.54) is 13.4 Å². The van der Waals surface area contributed by atoms with Crippen LogP contribution in [0.5, 0.6) is 0 Å². The number of sulfone groups is 1. The van der Waals surface area contributed by atoms with E-state index in [1.54, 1.807) is 0 Å². The van der Waals surface area contributed by atoms with E-state index in [0.29, 0.717) is 18.6 Å². The summed E-state index contributed by atoms with van der Waals surface area (Å²) in [5, 5.41) is 0. The molecule has 0 bridgehead atoms. The fourth-order valence-corrected chi connectivity index (χ4v) is 2.32. The van der Waals surface area contributed by atoms with Gasteiger partial charge in [-0.05, 0) is 30.0 Å². The van der Waals surface area contributed by atoms with Gasteiger partial charge in [0.1, 0.15) is 9.84 Å². The number of aliphatic imine (C=N–C) groups is 1. The minimum absolute atomic E-state index is 0.103. The molecule has 0 saturated carbocycles. The lowest BCUT2D eigenvalue weighted by atomic mass is 10.0. The summed E-state index contributed by atoms with van der Waals surface area (Å²) in [7, 11) is -1.71. The summed E-state index contributed by atoms with van der Waals surface area (Å²) < 4.78 is 26.9. The predicted octanol–water partition coefficient (Wildman–Crippen LogP) is 2.24. The zero-order chi connectivity index (χ0) is 15.2. The van der Waals surface area contributed by atoms with Crippen LogP contribution in [0, 0.1) is 0 Å². The van der Waals surface area contributed by atoms with Gasteiger partial charge < -0.3 is 4.74 Å². The normalized spacial score (nSPS) is 12.2. The molecule has 0 aromatic heterocycles. The predicted molar refractivity (Wildman–Crippen MR) is 79.1 cm³/mol. The van der Waals surface area contributed by atoms with Crippen LogP contribution < -0.4 is 0 Å². The summed E-state index contributed by atoms with van der Waals surface area (Å²) in [5.41, 5.74) is 2.33. The van der Waals surface area contributed by atoms with Crippen LogP contribution in [-0.4, -0.2) is 39.3 Å². The summed E-state index contributed by atoms with van der Waals surface area (Å²) >= 11 is 0. The van der Waals surface area contributed by atoms with Gasteiger partial charge in [-0.2, -0.15) is 4.99 Å². The fraction of sp³-hybridized carbons (Fsp3) is 0.429. The maximum atomic E-state index is 11.2. The van der Waals surface area contributed by atoms with Crippen LogP contribution in [0.1, 0.15) is 24.5 Å². The van der Waals surface area contributed by atoms with E-state index in [1.807, 2.05) is 31.2 Å². The maximum Gasteiger partial charge on any atom is 0.433 e. The van der Waals surface area contributed by atoms with E-state index < -0.39 is 15.9 Å². The van der Waals surface area contributed by atoms with Gasteiger partial charge in [0, 0.05) is 6.26 Å². The summed E-state index contributed by atoms with van der Waals surface area (Å²) in [6.45, 7) is 1.89. The number of nitrogens with zero attached hydrogens (tertiary/aromatic N) is 1. The Morgan fingerprint density at radius 3 is 2.60 bits per heavy atom. The molecule has 0 aliphatic heterocycles. The van der Waals surface area contributed by atoms with E-state index >= 15 is 0 Å². The number of amides is 1. The molecule has 0 unspecified atom stereocenters. The molecule has 0 aliphatic carbocycles. The second kappa shape index (κ2) is 7.19. The minimum atomic E-state index is -2.99. The average Bonchev–Trinajstić information content (AvgIpc) is 2.41. The number of aryl methyl sites for hydroxylation is 1. The third-order valence-electron chi connectivity index (χ3n) is 2.76. The summed E-state index contributed by atoms with van der Waals surface area (Å²) in [5.74, 6) is 0.103. The van der Waals surface area contributed by atoms with E-state index in [2.05, 4.69) is 9.73 Å². The van der Waals surface area contributed by atoms with Gasteiger partial charge in [-0.15, -0.1) is 0 Å². The van der Waals surface area contributed by atoms with Gasteiger partial charge in [-0.25, -0.2) is 13.2 Å². The molecule has 1 amide bonds. The SMILES string of the molecule is CC/C(=N/C(=O)OC)c1cccc(CCS(C)(=O)=O)c1. The van der Waals surface area contributed by atoms with Crippen molar-refractivity contribution in [3.05, 3.63) is 35.4 Å². The van der Waals surface area contributed by atoms with Crippen molar-refractivity contribution in [2.45, 2.75) is 19.8 Å². The van der Waals surface area contributed by atoms with Crippen molar-refractivity contribution >= 4 is 21.6 Å². The van der Waals surface area contributed by atoms with Gasteiger partial charge >= 0.3 is 6.09 Å². The molecule has 0 aliphatic rings. The molecular formula is C14H19NO4S. The lowest BCUT2D eigenvalue weighted by Crippen LogP contribution is -2.08. The van der Waals surface area contributed by atoms with Crippen molar-refractivity contribution in [2.75, 3.05) is 19.1 Å². The first kappa shape index (κ1) is 16.4. The third-order valence-corrected chi connectivity index (χ3v) is 3.70. The molecule has 110 valence electrons. The maximum absolute atomic E-state index is 11.2. The quantitative estimate of drug-likeness (QED) is 0.781. The Labute approximate surface area is 119 Å². The number of benzene rings is 1. The van der Waals surface area contributed by atoms with Crippen LogP contribution in [0.25, 0.3) is 0 Å². The molecule has 6 heteroatoms. The highest BCUT2D eigenvalue weighted by Gasteiger charge is 2.07. The molecule has 5 nitrogen and oxygen atoms in total. The standard InChI is InChI=1S/C14H19NO4S/c1-4-13(15-14(16)19-2)12-7-5-6-11(10-12)8-9-20(3,17)18/h5-7,10H,4,8-9H2,1-3H3/b15-13-. The van der Waals surface area contributed by atoms with Gasteiger partial charge in [0.2, 0.25) is 0 Å². The number of carbonyl (C=O) groups excluding carboxylic acids is 1. The Balaban J connectivity index is 2.96. The van der Waals surface area contributed by atoms with Gasteiger partial charge in [0.15, 0.2) is 0 Å². The third kappa shape index (κ3) is 5.52. The molecule has 20 heavy (non-hydrogen) atoms. The van der Waals surface area contributed by atoms with Crippen molar-refractivity contribution in [1.29, 1.82) is 0 Å². The van der Waals surface area contributed by atoms with Crippen molar-refractivity contribution in [1.82, 2.24) is 0 Å². The molecule has 0 heterocycles. The Morgan fingerprint density at radius 1 is 1.35 bits per heavy atom. The molecule has 0 N–H and O–H groups in total. The molecule has 0 atom stereocenters. The Morgan fingerprint density at radius 2 is 2.05 bits per heavy atom. The number of ether oxygens (including phenoxy) is 1. The van der Waals surface area contributed by atoms with Crippen molar-refractivity contribution in [2.24, 2.45) is 4.99 Å². The molecule has 1 aromatic rings. The first-order valence-corrected chi connectivity index (χ1v) is 8.34. The van der Waals surface area contributed by atoms with Crippen molar-refractivity contribution in [3.63, 3.8) is 0 Å². The van der Waals surface area contributed by atoms with E-state index in [0.717, 1.165) is 11.1 Å². The highest BCUT2D eigenvalue weighted by atomic mass is 32.2. The molecule has 0 spiro atoms. The number of rotatable bonds is 5. The van der Waals surface area contributed by atoms with Gasteiger partial charge in [-0.1, -0.05) is 25.1 Å². The first-order chi connectivity index (χ1) is 9.35. The molecular weight excluding hydrogens is 278 g/mol. The van der Waals surface area contributed by atoms with Crippen LogP contribution in [0.4, 0.5) is 4.79 Å². The van der Waals surface area contributed by atoms with Gasteiger partial charge in [0.25, 0.3) is 0 Å². The molecule has 0 radical (unpaired) electrons. The zero-order valence-corrected chi connectivity index (χ0v) is 12.7. The Bertz CT molecular complexity index is 605. The zero-order valence-electron chi connectivity index (χ0n) is 11.9. The van der Waals surface area contributed by atoms with Crippen LogP contribution >= 0.6 is 0 Å². The van der Waals surface area contributed by atoms with Crippen LogP contribution in [-0.2, 0) is 21.0 Å².